The molecule has 0 bridgehead atoms. The number of anilines is 1. The minimum absolute atomic E-state index is 0.121. The van der Waals surface area contributed by atoms with Crippen LogP contribution in [-0.4, -0.2) is 54.7 Å². The molecule has 25 heavy (non-hydrogen) atoms. The van der Waals surface area contributed by atoms with Gasteiger partial charge < -0.3 is 14.5 Å². The van der Waals surface area contributed by atoms with Crippen LogP contribution in [0.1, 0.15) is 42.5 Å². The Labute approximate surface area is 148 Å². The summed E-state index contributed by atoms with van der Waals surface area (Å²) >= 11 is 0. The quantitative estimate of drug-likeness (QED) is 0.819. The van der Waals surface area contributed by atoms with Crippen LogP contribution < -0.4 is 4.90 Å². The molecule has 6 nitrogen and oxygen atoms in total. The van der Waals surface area contributed by atoms with Crippen molar-refractivity contribution < 1.29 is 9.53 Å². The molecule has 2 fully saturated rings. The van der Waals surface area contributed by atoms with Crippen molar-refractivity contribution in [3.63, 3.8) is 0 Å². The Hall–Kier alpha value is -2.13. The van der Waals surface area contributed by atoms with Crippen molar-refractivity contribution in [3.8, 4) is 6.07 Å². The highest BCUT2D eigenvalue weighted by molar-refractivity contribution is 5.81. The Morgan fingerprint density at radius 3 is 2.72 bits per heavy atom. The Morgan fingerprint density at radius 2 is 2.00 bits per heavy atom. The molecule has 1 aliphatic carbocycles. The van der Waals surface area contributed by atoms with E-state index in [2.05, 4.69) is 11.0 Å². The van der Waals surface area contributed by atoms with E-state index in [0.717, 1.165) is 50.3 Å². The first-order chi connectivity index (χ1) is 12.3. The molecule has 0 radical (unpaired) electrons. The van der Waals surface area contributed by atoms with Crippen molar-refractivity contribution >= 4 is 11.7 Å². The van der Waals surface area contributed by atoms with Crippen LogP contribution in [-0.2, 0) is 22.4 Å². The summed E-state index contributed by atoms with van der Waals surface area (Å²) in [5, 5.41) is 9.54. The third kappa shape index (κ3) is 3.21. The highest BCUT2D eigenvalue weighted by atomic mass is 16.5. The fourth-order valence-electron chi connectivity index (χ4n) is 4.06. The summed E-state index contributed by atoms with van der Waals surface area (Å²) < 4.78 is 5.52. The van der Waals surface area contributed by atoms with Crippen LogP contribution in [0.2, 0.25) is 0 Å². The number of carbonyl (C=O) groups excluding carboxylic acids is 1. The van der Waals surface area contributed by atoms with Gasteiger partial charge in [0, 0.05) is 38.5 Å². The molecule has 6 heteroatoms. The number of carbonyl (C=O) groups is 1. The number of fused-ring (bicyclic) bond motifs is 1. The van der Waals surface area contributed by atoms with Crippen LogP contribution in [0.25, 0.3) is 0 Å². The maximum atomic E-state index is 12.5. The maximum Gasteiger partial charge on any atom is 0.251 e. The molecule has 0 spiro atoms. The lowest BCUT2D eigenvalue weighted by Gasteiger charge is -2.37. The zero-order valence-electron chi connectivity index (χ0n) is 14.5. The van der Waals surface area contributed by atoms with Gasteiger partial charge in [0.2, 0.25) is 0 Å². The van der Waals surface area contributed by atoms with Gasteiger partial charge in [0.1, 0.15) is 18.0 Å². The molecule has 0 aromatic carbocycles. The van der Waals surface area contributed by atoms with Gasteiger partial charge in [-0.3, -0.25) is 4.79 Å². The molecule has 2 saturated heterocycles. The predicted molar refractivity (Wildman–Crippen MR) is 93.4 cm³/mol. The number of aryl methyl sites for hydroxylation is 2. The first-order valence-corrected chi connectivity index (χ1v) is 9.34. The van der Waals surface area contributed by atoms with E-state index >= 15 is 0 Å². The standard InChI is InChI=1S/C19H24N4O2/c20-13-15-12-14-4-1-2-5-16(14)21-18(15)22-7-9-23(10-8-22)19(24)17-6-3-11-25-17/h12,17H,1-11H2/t17-/m1/s1. The molecule has 0 saturated carbocycles. The van der Waals surface area contributed by atoms with Gasteiger partial charge in [-0.25, -0.2) is 4.98 Å². The highest BCUT2D eigenvalue weighted by Gasteiger charge is 2.31. The van der Waals surface area contributed by atoms with Gasteiger partial charge in [0.25, 0.3) is 5.91 Å². The average Bonchev–Trinajstić information content (AvgIpc) is 3.21. The lowest BCUT2D eigenvalue weighted by molar-refractivity contribution is -0.141. The summed E-state index contributed by atoms with van der Waals surface area (Å²) in [6.45, 7) is 3.48. The molecule has 1 atom stereocenters. The molecule has 3 aliphatic rings. The SMILES string of the molecule is N#Cc1cc2c(nc1N1CCN(C(=O)[C@H]3CCCO3)CC1)CCCC2. The first kappa shape index (κ1) is 16.3. The normalized spacial score (nSPS) is 23.2. The summed E-state index contributed by atoms with van der Waals surface area (Å²) in [5.74, 6) is 0.920. The van der Waals surface area contributed by atoms with E-state index in [1.54, 1.807) is 0 Å². The number of pyridine rings is 1. The van der Waals surface area contributed by atoms with Gasteiger partial charge >= 0.3 is 0 Å². The maximum absolute atomic E-state index is 12.5. The third-order valence-corrected chi connectivity index (χ3v) is 5.50. The lowest BCUT2D eigenvalue weighted by Crippen LogP contribution is -2.51. The number of piperazine rings is 1. The Bertz CT molecular complexity index is 698. The van der Waals surface area contributed by atoms with E-state index in [1.165, 1.54) is 18.4 Å². The summed E-state index contributed by atoms with van der Waals surface area (Å²) in [5.41, 5.74) is 3.05. The molecule has 132 valence electrons. The average molecular weight is 340 g/mol. The number of hydrogen-bond donors (Lipinski definition) is 0. The summed E-state index contributed by atoms with van der Waals surface area (Å²) in [6.07, 6.45) is 5.96. The molecule has 4 rings (SSSR count). The molecular formula is C19H24N4O2. The summed E-state index contributed by atoms with van der Waals surface area (Å²) in [7, 11) is 0. The van der Waals surface area contributed by atoms with Crippen LogP contribution in [0.3, 0.4) is 0 Å². The fraction of sp³-hybridized carbons (Fsp3) is 0.632. The van der Waals surface area contributed by atoms with Gasteiger partial charge in [-0.15, -0.1) is 0 Å². The highest BCUT2D eigenvalue weighted by Crippen LogP contribution is 2.27. The molecule has 2 aliphatic heterocycles. The fourth-order valence-corrected chi connectivity index (χ4v) is 4.06. The Balaban J connectivity index is 1.47. The third-order valence-electron chi connectivity index (χ3n) is 5.50. The Morgan fingerprint density at radius 1 is 1.20 bits per heavy atom. The van der Waals surface area contributed by atoms with E-state index in [0.29, 0.717) is 25.3 Å². The van der Waals surface area contributed by atoms with Gasteiger partial charge in [0.05, 0.1) is 5.56 Å². The number of nitrogens with zero attached hydrogens (tertiary/aromatic N) is 4. The van der Waals surface area contributed by atoms with Crippen molar-refractivity contribution in [1.29, 1.82) is 5.26 Å². The van der Waals surface area contributed by atoms with Crippen molar-refractivity contribution in [2.45, 2.75) is 44.6 Å². The molecule has 1 amide bonds. The van der Waals surface area contributed by atoms with Crippen LogP contribution >= 0.6 is 0 Å². The largest absolute Gasteiger partial charge is 0.368 e. The van der Waals surface area contributed by atoms with E-state index in [9.17, 15) is 10.1 Å². The number of ether oxygens (including phenoxy) is 1. The lowest BCUT2D eigenvalue weighted by atomic mass is 9.95. The second-order valence-electron chi connectivity index (χ2n) is 7.10. The van der Waals surface area contributed by atoms with E-state index in [1.807, 2.05) is 11.0 Å². The number of hydrogen-bond acceptors (Lipinski definition) is 5. The van der Waals surface area contributed by atoms with Gasteiger partial charge in [-0.2, -0.15) is 5.26 Å². The molecule has 3 heterocycles. The smallest absolute Gasteiger partial charge is 0.251 e. The monoisotopic (exact) mass is 340 g/mol. The molecule has 1 aromatic heterocycles. The van der Waals surface area contributed by atoms with Crippen LogP contribution in [0.4, 0.5) is 5.82 Å². The first-order valence-electron chi connectivity index (χ1n) is 9.34. The number of nitriles is 1. The van der Waals surface area contributed by atoms with Crippen LogP contribution in [0.15, 0.2) is 6.07 Å². The number of aromatic nitrogens is 1. The predicted octanol–water partition coefficient (Wildman–Crippen LogP) is 1.66. The topological polar surface area (TPSA) is 69.5 Å². The minimum Gasteiger partial charge on any atom is -0.368 e. The minimum atomic E-state index is -0.247. The van der Waals surface area contributed by atoms with Gasteiger partial charge in [0.15, 0.2) is 0 Å². The van der Waals surface area contributed by atoms with E-state index < -0.39 is 0 Å². The second kappa shape index (κ2) is 7.01. The van der Waals surface area contributed by atoms with Crippen LogP contribution in [0.5, 0.6) is 0 Å². The number of amides is 1. The summed E-state index contributed by atoms with van der Waals surface area (Å²) in [6, 6.07) is 4.35. The molecule has 0 N–H and O–H groups in total. The van der Waals surface area contributed by atoms with Crippen LogP contribution in [0, 0.1) is 11.3 Å². The second-order valence-corrected chi connectivity index (χ2v) is 7.10. The molecule has 0 unspecified atom stereocenters. The van der Waals surface area contributed by atoms with Crippen molar-refractivity contribution in [2.24, 2.45) is 0 Å². The van der Waals surface area contributed by atoms with Crippen molar-refractivity contribution in [3.05, 3.63) is 22.9 Å². The molecule has 1 aromatic rings. The number of rotatable bonds is 2. The van der Waals surface area contributed by atoms with Gasteiger partial charge in [-0.05, 0) is 50.2 Å². The summed E-state index contributed by atoms with van der Waals surface area (Å²) in [4.78, 5) is 21.4. The van der Waals surface area contributed by atoms with Crippen molar-refractivity contribution in [2.75, 3.05) is 37.7 Å². The van der Waals surface area contributed by atoms with E-state index in [-0.39, 0.29) is 12.0 Å². The Kier molecular flexibility index (Phi) is 4.58. The molecular weight excluding hydrogens is 316 g/mol. The van der Waals surface area contributed by atoms with Crippen molar-refractivity contribution in [1.82, 2.24) is 9.88 Å². The zero-order valence-corrected chi connectivity index (χ0v) is 14.5. The van der Waals surface area contributed by atoms with E-state index in [4.69, 9.17) is 9.72 Å². The zero-order chi connectivity index (χ0) is 17.2. The van der Waals surface area contributed by atoms with Gasteiger partial charge in [-0.1, -0.05) is 0 Å².